The van der Waals surface area contributed by atoms with E-state index in [9.17, 15) is 0 Å². The van der Waals surface area contributed by atoms with E-state index in [-0.39, 0.29) is 18.3 Å². The van der Waals surface area contributed by atoms with Crippen LogP contribution in [0.3, 0.4) is 0 Å². The fraction of sp³-hybridized carbons (Fsp3) is 0.429. The highest BCUT2D eigenvalue weighted by Crippen LogP contribution is 2.36. The van der Waals surface area contributed by atoms with Crippen LogP contribution >= 0.6 is 0 Å². The second-order valence-corrected chi connectivity index (χ2v) is 5.93. The molecule has 0 amide bonds. The summed E-state index contributed by atoms with van der Waals surface area (Å²) in [6.45, 7) is 8.18. The van der Waals surface area contributed by atoms with Gasteiger partial charge in [0.1, 0.15) is 0 Å². The van der Waals surface area contributed by atoms with Crippen LogP contribution in [0, 0.1) is 0 Å². The standard InChI is InChI=1S/C14H17BN2O2/c1-13(2)14(3,4)19-15(18-13)11-7-10-8-16-6-5-12(10)17-9-11/h5-9H,1-4H3. The molecule has 2 aromatic heterocycles. The molecule has 3 heterocycles. The van der Waals surface area contributed by atoms with E-state index in [1.165, 1.54) is 0 Å². The first-order valence-corrected chi connectivity index (χ1v) is 6.44. The number of hydrogen-bond acceptors (Lipinski definition) is 4. The molecule has 0 aromatic carbocycles. The highest BCUT2D eigenvalue weighted by molar-refractivity contribution is 6.62. The molecule has 2 aromatic rings. The van der Waals surface area contributed by atoms with Crippen molar-refractivity contribution in [1.82, 2.24) is 9.97 Å². The Bertz CT molecular complexity index is 612. The third-order valence-electron chi connectivity index (χ3n) is 4.03. The molecule has 0 radical (unpaired) electrons. The van der Waals surface area contributed by atoms with Gasteiger partial charge in [0.15, 0.2) is 0 Å². The Morgan fingerprint density at radius 3 is 2.42 bits per heavy atom. The normalized spacial score (nSPS) is 20.9. The van der Waals surface area contributed by atoms with Gasteiger partial charge in [-0.1, -0.05) is 0 Å². The van der Waals surface area contributed by atoms with Crippen molar-refractivity contribution < 1.29 is 9.31 Å². The molecule has 0 aliphatic carbocycles. The summed E-state index contributed by atoms with van der Waals surface area (Å²) >= 11 is 0. The first kappa shape index (κ1) is 12.6. The van der Waals surface area contributed by atoms with Gasteiger partial charge in [0.25, 0.3) is 0 Å². The van der Waals surface area contributed by atoms with E-state index in [0.29, 0.717) is 0 Å². The van der Waals surface area contributed by atoms with Crippen molar-refractivity contribution in [1.29, 1.82) is 0 Å². The molecular formula is C14H17BN2O2. The molecule has 0 unspecified atom stereocenters. The third-order valence-corrected chi connectivity index (χ3v) is 4.03. The van der Waals surface area contributed by atoms with Crippen LogP contribution in [0.4, 0.5) is 0 Å². The summed E-state index contributed by atoms with van der Waals surface area (Å²) in [6, 6.07) is 3.92. The van der Waals surface area contributed by atoms with Crippen LogP contribution < -0.4 is 5.46 Å². The van der Waals surface area contributed by atoms with Crippen LogP contribution in [-0.2, 0) is 9.31 Å². The predicted molar refractivity (Wildman–Crippen MR) is 75.3 cm³/mol. The zero-order valence-electron chi connectivity index (χ0n) is 11.7. The molecule has 0 spiro atoms. The highest BCUT2D eigenvalue weighted by Gasteiger charge is 2.51. The number of fused-ring (bicyclic) bond motifs is 1. The summed E-state index contributed by atoms with van der Waals surface area (Å²) in [6.07, 6.45) is 5.35. The maximum Gasteiger partial charge on any atom is 0.496 e. The summed E-state index contributed by atoms with van der Waals surface area (Å²) in [5.74, 6) is 0. The first-order valence-electron chi connectivity index (χ1n) is 6.44. The highest BCUT2D eigenvalue weighted by atomic mass is 16.7. The van der Waals surface area contributed by atoms with E-state index in [1.54, 1.807) is 12.4 Å². The maximum absolute atomic E-state index is 6.02. The Morgan fingerprint density at radius 2 is 1.74 bits per heavy atom. The van der Waals surface area contributed by atoms with E-state index in [2.05, 4.69) is 9.97 Å². The Hall–Kier alpha value is -1.46. The first-order chi connectivity index (χ1) is 8.89. The zero-order chi connectivity index (χ0) is 13.7. The van der Waals surface area contributed by atoms with Crippen LogP contribution in [-0.4, -0.2) is 28.3 Å². The van der Waals surface area contributed by atoms with Crippen molar-refractivity contribution in [2.75, 3.05) is 0 Å². The quantitative estimate of drug-likeness (QED) is 0.731. The van der Waals surface area contributed by atoms with E-state index in [1.807, 2.05) is 46.0 Å². The summed E-state index contributed by atoms with van der Waals surface area (Å²) in [5.41, 5.74) is 1.19. The van der Waals surface area contributed by atoms with Gasteiger partial charge < -0.3 is 9.31 Å². The van der Waals surface area contributed by atoms with Crippen LogP contribution in [0.5, 0.6) is 0 Å². The number of hydrogen-bond donors (Lipinski definition) is 0. The number of pyridine rings is 2. The minimum atomic E-state index is -0.373. The van der Waals surface area contributed by atoms with Crippen molar-refractivity contribution in [2.24, 2.45) is 0 Å². The van der Waals surface area contributed by atoms with Gasteiger partial charge in [0.05, 0.1) is 16.7 Å². The van der Waals surface area contributed by atoms with Gasteiger partial charge in [0.2, 0.25) is 0 Å². The number of rotatable bonds is 1. The Kier molecular flexibility index (Phi) is 2.66. The molecule has 0 bridgehead atoms. The van der Waals surface area contributed by atoms with Gasteiger partial charge in [-0.25, -0.2) is 0 Å². The fourth-order valence-corrected chi connectivity index (χ4v) is 2.10. The Balaban J connectivity index is 1.98. The van der Waals surface area contributed by atoms with E-state index < -0.39 is 0 Å². The Labute approximate surface area is 113 Å². The van der Waals surface area contributed by atoms with Crippen LogP contribution in [0.1, 0.15) is 27.7 Å². The lowest BCUT2D eigenvalue weighted by molar-refractivity contribution is 0.00578. The van der Waals surface area contributed by atoms with Crippen LogP contribution in [0.2, 0.25) is 0 Å². The van der Waals surface area contributed by atoms with E-state index >= 15 is 0 Å². The largest absolute Gasteiger partial charge is 0.496 e. The SMILES string of the molecule is CC1(C)OB(c2cnc3ccncc3c2)OC1(C)C. The van der Waals surface area contributed by atoms with Crippen LogP contribution in [0.15, 0.2) is 30.7 Å². The van der Waals surface area contributed by atoms with Gasteiger partial charge in [-0.15, -0.1) is 0 Å². The van der Waals surface area contributed by atoms with E-state index in [4.69, 9.17) is 9.31 Å². The van der Waals surface area contributed by atoms with E-state index in [0.717, 1.165) is 16.4 Å². The molecular weight excluding hydrogens is 239 g/mol. The summed E-state index contributed by atoms with van der Waals surface area (Å²) < 4.78 is 12.0. The molecule has 1 aliphatic heterocycles. The molecule has 5 heteroatoms. The third kappa shape index (κ3) is 2.03. The molecule has 3 rings (SSSR count). The smallest absolute Gasteiger partial charge is 0.399 e. The molecule has 0 atom stereocenters. The van der Waals surface area contributed by atoms with Crippen molar-refractivity contribution in [3.05, 3.63) is 30.7 Å². The van der Waals surface area contributed by atoms with Gasteiger partial charge >= 0.3 is 7.12 Å². The van der Waals surface area contributed by atoms with Gasteiger partial charge in [-0.3, -0.25) is 9.97 Å². The zero-order valence-corrected chi connectivity index (χ0v) is 11.7. The monoisotopic (exact) mass is 256 g/mol. The lowest BCUT2D eigenvalue weighted by atomic mass is 9.80. The fourth-order valence-electron chi connectivity index (χ4n) is 2.10. The minimum Gasteiger partial charge on any atom is -0.399 e. The number of aromatic nitrogens is 2. The summed E-state index contributed by atoms with van der Waals surface area (Å²) in [4.78, 5) is 8.54. The molecule has 4 nitrogen and oxygen atoms in total. The van der Waals surface area contributed by atoms with Gasteiger partial charge in [0, 0.05) is 29.4 Å². The van der Waals surface area contributed by atoms with Crippen molar-refractivity contribution in [2.45, 2.75) is 38.9 Å². The summed E-state index contributed by atoms with van der Waals surface area (Å²) in [7, 11) is -0.373. The molecule has 0 N–H and O–H groups in total. The topological polar surface area (TPSA) is 44.2 Å². The lowest BCUT2D eigenvalue weighted by Gasteiger charge is -2.32. The molecule has 1 saturated heterocycles. The average molecular weight is 256 g/mol. The van der Waals surface area contributed by atoms with Crippen LogP contribution in [0.25, 0.3) is 10.9 Å². The second kappa shape index (κ2) is 4.02. The molecule has 19 heavy (non-hydrogen) atoms. The minimum absolute atomic E-state index is 0.332. The summed E-state index contributed by atoms with van der Waals surface area (Å²) in [5, 5.41) is 0.995. The van der Waals surface area contributed by atoms with Gasteiger partial charge in [-0.05, 0) is 39.8 Å². The molecule has 1 aliphatic rings. The van der Waals surface area contributed by atoms with Crippen molar-refractivity contribution >= 4 is 23.5 Å². The Morgan fingerprint density at radius 1 is 1.05 bits per heavy atom. The second-order valence-electron chi connectivity index (χ2n) is 5.93. The molecule has 98 valence electrons. The van der Waals surface area contributed by atoms with Gasteiger partial charge in [-0.2, -0.15) is 0 Å². The lowest BCUT2D eigenvalue weighted by Crippen LogP contribution is -2.41. The van der Waals surface area contributed by atoms with Crippen molar-refractivity contribution in [3.8, 4) is 0 Å². The maximum atomic E-state index is 6.02. The molecule has 0 saturated carbocycles. The average Bonchev–Trinajstić information content (AvgIpc) is 2.58. The number of nitrogens with zero attached hydrogens (tertiary/aromatic N) is 2. The molecule has 1 fully saturated rings. The van der Waals surface area contributed by atoms with Crippen molar-refractivity contribution in [3.63, 3.8) is 0 Å². The predicted octanol–water partition coefficient (Wildman–Crippen LogP) is 1.93.